The topological polar surface area (TPSA) is 26.0 Å². The molecule has 2 N–H and O–H groups in total. The van der Waals surface area contributed by atoms with Crippen LogP contribution in [0.1, 0.15) is 17.0 Å². The maximum Gasteiger partial charge on any atom is 0.0151 e. The Hall–Kier alpha value is -1.60. The van der Waals surface area contributed by atoms with E-state index in [0.29, 0.717) is 12.5 Å². The Labute approximate surface area is 89.2 Å². The fourth-order valence-electron chi connectivity index (χ4n) is 2.38. The van der Waals surface area contributed by atoms with Gasteiger partial charge in [-0.05, 0) is 21.9 Å². The van der Waals surface area contributed by atoms with Gasteiger partial charge in [0.1, 0.15) is 0 Å². The van der Waals surface area contributed by atoms with Gasteiger partial charge in [0, 0.05) is 12.5 Å². The van der Waals surface area contributed by atoms with Gasteiger partial charge in [0.2, 0.25) is 0 Å². The molecule has 0 fully saturated rings. The third kappa shape index (κ3) is 1.20. The Balaban J connectivity index is 2.41. The van der Waals surface area contributed by atoms with Crippen molar-refractivity contribution in [2.45, 2.75) is 5.92 Å². The molecule has 1 aliphatic rings. The summed E-state index contributed by atoms with van der Waals surface area (Å²) in [6.07, 6.45) is 4.39. The molecule has 1 nitrogen and oxygen atoms in total. The molecular weight excluding hydrogens is 182 g/mol. The zero-order chi connectivity index (χ0) is 10.3. The molecule has 1 heteroatoms. The SMILES string of the molecule is NCC1C=Cc2cccc3cccc1c23. The molecule has 0 heterocycles. The largest absolute Gasteiger partial charge is 0.330 e. The van der Waals surface area contributed by atoms with Crippen LogP contribution in [0.2, 0.25) is 0 Å². The lowest BCUT2D eigenvalue weighted by molar-refractivity contribution is 0.857. The quantitative estimate of drug-likeness (QED) is 0.744. The zero-order valence-corrected chi connectivity index (χ0v) is 8.48. The molecule has 2 aromatic rings. The van der Waals surface area contributed by atoms with Crippen molar-refractivity contribution in [2.24, 2.45) is 5.73 Å². The normalized spacial score (nSPS) is 18.3. The van der Waals surface area contributed by atoms with Crippen LogP contribution in [0, 0.1) is 0 Å². The van der Waals surface area contributed by atoms with E-state index in [0.717, 1.165) is 0 Å². The highest BCUT2D eigenvalue weighted by Gasteiger charge is 2.15. The molecule has 3 rings (SSSR count). The molecule has 1 aliphatic carbocycles. The van der Waals surface area contributed by atoms with Crippen molar-refractivity contribution in [3.8, 4) is 0 Å². The maximum absolute atomic E-state index is 5.78. The summed E-state index contributed by atoms with van der Waals surface area (Å²) in [4.78, 5) is 0. The average molecular weight is 195 g/mol. The summed E-state index contributed by atoms with van der Waals surface area (Å²) in [5.74, 6) is 0.378. The zero-order valence-electron chi connectivity index (χ0n) is 8.48. The molecule has 0 aliphatic heterocycles. The first-order chi connectivity index (χ1) is 7.40. The Morgan fingerprint density at radius 2 is 1.87 bits per heavy atom. The van der Waals surface area contributed by atoms with E-state index >= 15 is 0 Å². The van der Waals surface area contributed by atoms with E-state index in [1.165, 1.54) is 21.9 Å². The fraction of sp³-hybridized carbons (Fsp3) is 0.143. The highest BCUT2D eigenvalue weighted by atomic mass is 14.5. The molecule has 0 bridgehead atoms. The van der Waals surface area contributed by atoms with Gasteiger partial charge < -0.3 is 5.73 Å². The van der Waals surface area contributed by atoms with Crippen molar-refractivity contribution < 1.29 is 0 Å². The van der Waals surface area contributed by atoms with Crippen LogP contribution >= 0.6 is 0 Å². The van der Waals surface area contributed by atoms with Crippen molar-refractivity contribution in [1.29, 1.82) is 0 Å². The van der Waals surface area contributed by atoms with Crippen LogP contribution in [0.4, 0.5) is 0 Å². The Morgan fingerprint density at radius 3 is 2.67 bits per heavy atom. The summed E-state index contributed by atoms with van der Waals surface area (Å²) < 4.78 is 0. The lowest BCUT2D eigenvalue weighted by Gasteiger charge is -2.19. The summed E-state index contributed by atoms with van der Waals surface area (Å²) in [5.41, 5.74) is 8.47. The number of hydrogen-bond donors (Lipinski definition) is 1. The van der Waals surface area contributed by atoms with Crippen LogP contribution in [-0.2, 0) is 0 Å². The summed E-state index contributed by atoms with van der Waals surface area (Å²) in [7, 11) is 0. The third-order valence-corrected chi connectivity index (χ3v) is 3.13. The van der Waals surface area contributed by atoms with E-state index in [-0.39, 0.29) is 0 Å². The fourth-order valence-corrected chi connectivity index (χ4v) is 2.38. The molecule has 1 atom stereocenters. The molecule has 2 aromatic carbocycles. The minimum atomic E-state index is 0.378. The van der Waals surface area contributed by atoms with Gasteiger partial charge in [-0.2, -0.15) is 0 Å². The van der Waals surface area contributed by atoms with Crippen LogP contribution in [0.3, 0.4) is 0 Å². The van der Waals surface area contributed by atoms with Gasteiger partial charge in [-0.3, -0.25) is 0 Å². The van der Waals surface area contributed by atoms with Crippen LogP contribution in [0.25, 0.3) is 16.8 Å². The average Bonchev–Trinajstić information content (AvgIpc) is 2.30. The number of benzene rings is 2. The van der Waals surface area contributed by atoms with Gasteiger partial charge in [0.25, 0.3) is 0 Å². The molecule has 15 heavy (non-hydrogen) atoms. The van der Waals surface area contributed by atoms with E-state index in [4.69, 9.17) is 5.73 Å². The molecule has 0 saturated carbocycles. The summed E-state index contributed by atoms with van der Waals surface area (Å²) >= 11 is 0. The van der Waals surface area contributed by atoms with Crippen LogP contribution < -0.4 is 5.73 Å². The van der Waals surface area contributed by atoms with Gasteiger partial charge in [-0.25, -0.2) is 0 Å². The first kappa shape index (κ1) is 8.69. The molecule has 0 aromatic heterocycles. The molecule has 1 unspecified atom stereocenters. The van der Waals surface area contributed by atoms with Gasteiger partial charge in [0.05, 0.1) is 0 Å². The standard InChI is InChI=1S/C14H13N/c15-9-12-8-7-11-4-1-3-10-5-2-6-13(12)14(10)11/h1-8,12H,9,15H2. The van der Waals surface area contributed by atoms with E-state index in [1.54, 1.807) is 0 Å². The summed E-state index contributed by atoms with van der Waals surface area (Å²) in [5, 5.41) is 2.69. The second-order valence-electron chi connectivity index (χ2n) is 3.99. The monoisotopic (exact) mass is 195 g/mol. The second-order valence-corrected chi connectivity index (χ2v) is 3.99. The van der Waals surface area contributed by atoms with Crippen molar-refractivity contribution in [3.05, 3.63) is 53.6 Å². The Kier molecular flexibility index (Phi) is 1.86. The van der Waals surface area contributed by atoms with Crippen LogP contribution in [0.5, 0.6) is 0 Å². The van der Waals surface area contributed by atoms with E-state index in [9.17, 15) is 0 Å². The highest BCUT2D eigenvalue weighted by molar-refractivity contribution is 5.95. The molecular formula is C14H13N. The third-order valence-electron chi connectivity index (χ3n) is 3.13. The van der Waals surface area contributed by atoms with Crippen molar-refractivity contribution in [3.63, 3.8) is 0 Å². The van der Waals surface area contributed by atoms with Crippen molar-refractivity contribution >= 4 is 16.8 Å². The number of rotatable bonds is 1. The Bertz CT molecular complexity index is 535. The minimum Gasteiger partial charge on any atom is -0.330 e. The highest BCUT2D eigenvalue weighted by Crippen LogP contribution is 2.33. The summed E-state index contributed by atoms with van der Waals surface area (Å²) in [6, 6.07) is 12.9. The number of hydrogen-bond acceptors (Lipinski definition) is 1. The van der Waals surface area contributed by atoms with E-state index in [2.05, 4.69) is 48.6 Å². The second kappa shape index (κ2) is 3.21. The lowest BCUT2D eigenvalue weighted by Crippen LogP contribution is -2.12. The Morgan fingerprint density at radius 1 is 1.07 bits per heavy atom. The maximum atomic E-state index is 5.78. The first-order valence-electron chi connectivity index (χ1n) is 5.30. The lowest BCUT2D eigenvalue weighted by atomic mass is 9.86. The van der Waals surface area contributed by atoms with Crippen molar-refractivity contribution in [2.75, 3.05) is 6.54 Å². The minimum absolute atomic E-state index is 0.378. The van der Waals surface area contributed by atoms with Crippen LogP contribution in [-0.4, -0.2) is 6.54 Å². The predicted molar refractivity (Wildman–Crippen MR) is 64.8 cm³/mol. The molecule has 74 valence electrons. The van der Waals surface area contributed by atoms with Gasteiger partial charge in [-0.15, -0.1) is 0 Å². The van der Waals surface area contributed by atoms with Gasteiger partial charge >= 0.3 is 0 Å². The number of nitrogens with two attached hydrogens (primary N) is 1. The van der Waals surface area contributed by atoms with Crippen molar-refractivity contribution in [1.82, 2.24) is 0 Å². The van der Waals surface area contributed by atoms with Crippen LogP contribution in [0.15, 0.2) is 42.5 Å². The molecule has 0 spiro atoms. The molecule has 0 amide bonds. The van der Waals surface area contributed by atoms with E-state index in [1.807, 2.05) is 0 Å². The first-order valence-corrected chi connectivity index (χ1v) is 5.30. The predicted octanol–water partition coefficient (Wildman–Crippen LogP) is 2.91. The molecule has 0 radical (unpaired) electrons. The van der Waals surface area contributed by atoms with Gasteiger partial charge in [-0.1, -0.05) is 48.6 Å². The molecule has 0 saturated heterocycles. The van der Waals surface area contributed by atoms with E-state index < -0.39 is 0 Å². The summed E-state index contributed by atoms with van der Waals surface area (Å²) in [6.45, 7) is 0.684. The smallest absolute Gasteiger partial charge is 0.0151 e. The van der Waals surface area contributed by atoms with Gasteiger partial charge in [0.15, 0.2) is 0 Å².